The van der Waals surface area contributed by atoms with Crippen molar-refractivity contribution in [3.63, 3.8) is 0 Å². The van der Waals surface area contributed by atoms with Crippen LogP contribution < -0.4 is 10.7 Å². The van der Waals surface area contributed by atoms with E-state index in [-0.39, 0.29) is 5.78 Å². The van der Waals surface area contributed by atoms with Crippen molar-refractivity contribution >= 4 is 11.9 Å². The Morgan fingerprint density at radius 3 is 2.94 bits per heavy atom. The van der Waals surface area contributed by atoms with E-state index in [1.807, 2.05) is 25.1 Å². The number of hydrogen-bond acceptors (Lipinski definition) is 3. The predicted octanol–water partition coefficient (Wildman–Crippen LogP) is 0.814. The quantitative estimate of drug-likeness (QED) is 0.679. The standard InChI is InChI=1S/C13H12N2O/c1-8(16)13(2)7-10-6-11-9(3-4-14-11)5-12(10)15-13/h3-6H,7H2,1-2H3. The lowest BCUT2D eigenvalue weighted by atomic mass is 9.93. The molecule has 2 aliphatic heterocycles. The molecule has 0 fully saturated rings. The van der Waals surface area contributed by atoms with E-state index in [4.69, 9.17) is 0 Å². The molecule has 0 radical (unpaired) electrons. The highest BCUT2D eigenvalue weighted by Crippen LogP contribution is 2.21. The molecule has 2 aliphatic rings. The summed E-state index contributed by atoms with van der Waals surface area (Å²) < 4.78 is 0. The molecule has 16 heavy (non-hydrogen) atoms. The minimum Gasteiger partial charge on any atom is -0.297 e. The monoisotopic (exact) mass is 212 g/mol. The lowest BCUT2D eigenvalue weighted by Gasteiger charge is -2.15. The molecular formula is C13H12N2O. The second-order valence-corrected chi connectivity index (χ2v) is 4.60. The van der Waals surface area contributed by atoms with E-state index in [2.05, 4.69) is 9.98 Å². The van der Waals surface area contributed by atoms with Crippen molar-refractivity contribution in [1.29, 1.82) is 0 Å². The van der Waals surface area contributed by atoms with Gasteiger partial charge in [0.2, 0.25) is 0 Å². The van der Waals surface area contributed by atoms with Gasteiger partial charge in [0, 0.05) is 18.2 Å². The topological polar surface area (TPSA) is 41.8 Å². The minimum atomic E-state index is -0.568. The highest BCUT2D eigenvalue weighted by molar-refractivity contribution is 5.86. The molecular weight excluding hydrogens is 200 g/mol. The van der Waals surface area contributed by atoms with Crippen LogP contribution in [0.2, 0.25) is 0 Å². The molecule has 0 bridgehead atoms. The fraction of sp³-hybridized carbons (Fsp3) is 0.308. The number of carbonyl (C=O) groups is 1. The van der Waals surface area contributed by atoms with Gasteiger partial charge in [-0.15, -0.1) is 0 Å². The SMILES string of the molecule is CC(=O)C1(C)Cc2cc3c(cc2=N1)C=CN=3. The predicted molar refractivity (Wildman–Crippen MR) is 60.6 cm³/mol. The smallest absolute Gasteiger partial charge is 0.157 e. The van der Waals surface area contributed by atoms with Crippen molar-refractivity contribution < 1.29 is 4.79 Å². The summed E-state index contributed by atoms with van der Waals surface area (Å²) in [6.07, 6.45) is 4.46. The average Bonchev–Trinajstić information content (AvgIpc) is 2.76. The maximum Gasteiger partial charge on any atom is 0.157 e. The normalized spacial score (nSPS) is 24.6. The van der Waals surface area contributed by atoms with Crippen LogP contribution in [-0.4, -0.2) is 11.3 Å². The molecule has 0 saturated heterocycles. The lowest BCUT2D eigenvalue weighted by molar-refractivity contribution is -0.121. The zero-order valence-corrected chi connectivity index (χ0v) is 9.32. The van der Waals surface area contributed by atoms with E-state index < -0.39 is 5.54 Å². The molecule has 0 spiro atoms. The Kier molecular flexibility index (Phi) is 1.70. The van der Waals surface area contributed by atoms with Gasteiger partial charge in [-0.05, 0) is 37.6 Å². The molecule has 1 unspecified atom stereocenters. The molecule has 0 N–H and O–H groups in total. The zero-order valence-electron chi connectivity index (χ0n) is 9.32. The molecule has 0 aliphatic carbocycles. The Hall–Kier alpha value is -1.77. The third kappa shape index (κ3) is 1.18. The van der Waals surface area contributed by atoms with E-state index in [1.165, 1.54) is 0 Å². The number of Topliss-reactive ketones (excluding diaryl/α,β-unsaturated/α-hetero) is 1. The number of nitrogens with zero attached hydrogens (tertiary/aromatic N) is 2. The van der Waals surface area contributed by atoms with E-state index in [1.54, 1.807) is 13.1 Å². The number of carbonyl (C=O) groups excluding carboxylic acids is 1. The average molecular weight is 212 g/mol. The van der Waals surface area contributed by atoms with Gasteiger partial charge in [0.15, 0.2) is 5.78 Å². The first-order valence-corrected chi connectivity index (χ1v) is 5.37. The molecule has 3 heteroatoms. The summed E-state index contributed by atoms with van der Waals surface area (Å²) in [5.41, 5.74) is 1.65. The van der Waals surface area contributed by atoms with Crippen molar-refractivity contribution in [3.05, 3.63) is 40.2 Å². The molecule has 3 rings (SSSR count). The molecule has 1 aromatic carbocycles. The molecule has 0 amide bonds. The Morgan fingerprint density at radius 1 is 1.38 bits per heavy atom. The summed E-state index contributed by atoms with van der Waals surface area (Å²) in [6, 6.07) is 4.06. The van der Waals surface area contributed by atoms with Crippen molar-refractivity contribution in [2.24, 2.45) is 9.98 Å². The van der Waals surface area contributed by atoms with Gasteiger partial charge in [0.25, 0.3) is 0 Å². The van der Waals surface area contributed by atoms with Gasteiger partial charge in [-0.2, -0.15) is 0 Å². The van der Waals surface area contributed by atoms with Gasteiger partial charge in [-0.1, -0.05) is 0 Å². The molecule has 0 saturated carbocycles. The van der Waals surface area contributed by atoms with Gasteiger partial charge in [0.1, 0.15) is 5.54 Å². The number of hydrogen-bond donors (Lipinski definition) is 0. The number of benzene rings is 1. The molecule has 3 nitrogen and oxygen atoms in total. The van der Waals surface area contributed by atoms with Crippen LogP contribution in [0.4, 0.5) is 0 Å². The lowest BCUT2D eigenvalue weighted by Crippen LogP contribution is -2.30. The summed E-state index contributed by atoms with van der Waals surface area (Å²) in [7, 11) is 0. The number of fused-ring (bicyclic) bond motifs is 2. The number of rotatable bonds is 1. The molecule has 1 aromatic rings. The summed E-state index contributed by atoms with van der Waals surface area (Å²) in [6.45, 7) is 3.50. The Bertz CT molecular complexity index is 643. The molecule has 0 aromatic heterocycles. The van der Waals surface area contributed by atoms with Crippen LogP contribution in [0.15, 0.2) is 28.3 Å². The molecule has 80 valence electrons. The van der Waals surface area contributed by atoms with E-state index in [0.717, 1.165) is 21.8 Å². The first kappa shape index (κ1) is 9.46. The Balaban J connectivity index is 2.22. The van der Waals surface area contributed by atoms with Crippen molar-refractivity contribution in [1.82, 2.24) is 0 Å². The first-order chi connectivity index (χ1) is 7.58. The summed E-state index contributed by atoms with van der Waals surface area (Å²) in [4.78, 5) is 20.4. The fourth-order valence-electron chi connectivity index (χ4n) is 2.20. The largest absolute Gasteiger partial charge is 0.297 e. The van der Waals surface area contributed by atoms with Gasteiger partial charge in [-0.25, -0.2) is 0 Å². The maximum atomic E-state index is 11.6. The molecule has 2 heterocycles. The minimum absolute atomic E-state index is 0.122. The van der Waals surface area contributed by atoms with Crippen LogP contribution in [0, 0.1) is 0 Å². The van der Waals surface area contributed by atoms with Crippen molar-refractivity contribution in [2.45, 2.75) is 25.8 Å². The summed E-state index contributed by atoms with van der Waals surface area (Å²) in [5.74, 6) is 0.122. The Labute approximate surface area is 93.2 Å². The van der Waals surface area contributed by atoms with Crippen molar-refractivity contribution in [3.8, 4) is 0 Å². The van der Waals surface area contributed by atoms with Crippen molar-refractivity contribution in [2.75, 3.05) is 0 Å². The maximum absolute atomic E-state index is 11.6. The first-order valence-electron chi connectivity index (χ1n) is 5.37. The second-order valence-electron chi connectivity index (χ2n) is 4.60. The van der Waals surface area contributed by atoms with Crippen LogP contribution in [0.25, 0.3) is 6.08 Å². The van der Waals surface area contributed by atoms with Crippen LogP contribution in [0.1, 0.15) is 25.0 Å². The van der Waals surface area contributed by atoms with Gasteiger partial charge < -0.3 is 0 Å². The van der Waals surface area contributed by atoms with E-state index in [9.17, 15) is 4.79 Å². The van der Waals surface area contributed by atoms with Crippen LogP contribution in [0.5, 0.6) is 0 Å². The summed E-state index contributed by atoms with van der Waals surface area (Å²) in [5, 5.41) is 1.93. The summed E-state index contributed by atoms with van der Waals surface area (Å²) >= 11 is 0. The van der Waals surface area contributed by atoms with E-state index in [0.29, 0.717) is 6.42 Å². The zero-order chi connectivity index (χ0) is 11.3. The van der Waals surface area contributed by atoms with Crippen LogP contribution in [-0.2, 0) is 11.2 Å². The van der Waals surface area contributed by atoms with Crippen LogP contribution in [0.3, 0.4) is 0 Å². The fourth-order valence-corrected chi connectivity index (χ4v) is 2.20. The molecule has 1 atom stereocenters. The van der Waals surface area contributed by atoms with Gasteiger partial charge in [0.05, 0.1) is 10.7 Å². The highest BCUT2D eigenvalue weighted by Gasteiger charge is 2.33. The second kappa shape index (κ2) is 2.88. The van der Waals surface area contributed by atoms with Gasteiger partial charge in [-0.3, -0.25) is 14.8 Å². The Morgan fingerprint density at radius 2 is 2.19 bits per heavy atom. The number of ketones is 1. The highest BCUT2D eigenvalue weighted by atomic mass is 16.1. The third-order valence-corrected chi connectivity index (χ3v) is 3.36. The van der Waals surface area contributed by atoms with E-state index >= 15 is 0 Å². The third-order valence-electron chi connectivity index (χ3n) is 3.36. The van der Waals surface area contributed by atoms with Gasteiger partial charge >= 0.3 is 0 Å². The van der Waals surface area contributed by atoms with Crippen LogP contribution >= 0.6 is 0 Å².